The molecule has 1 N–H and O–H groups in total. The summed E-state index contributed by atoms with van der Waals surface area (Å²) in [5.74, 6) is -4.67. The van der Waals surface area contributed by atoms with Gasteiger partial charge in [-0.1, -0.05) is 19.3 Å². The molecule has 2 rings (SSSR count). The predicted molar refractivity (Wildman–Crippen MR) is 58.7 cm³/mol. The first kappa shape index (κ1) is 12.9. The lowest BCUT2D eigenvalue weighted by molar-refractivity contribution is -0.145. The maximum absolute atomic E-state index is 13.8. The second-order valence-corrected chi connectivity index (χ2v) is 4.69. The van der Waals surface area contributed by atoms with Gasteiger partial charge in [0.15, 0.2) is 11.6 Å². The fraction of sp³-hybridized carbons (Fsp3) is 0.462. The molecule has 0 heterocycles. The van der Waals surface area contributed by atoms with E-state index in [-0.39, 0.29) is 18.4 Å². The molecule has 0 aromatic heterocycles. The van der Waals surface area contributed by atoms with E-state index in [4.69, 9.17) is 0 Å². The molecule has 1 aromatic rings. The van der Waals surface area contributed by atoms with Gasteiger partial charge in [0.1, 0.15) is 5.82 Å². The summed E-state index contributed by atoms with van der Waals surface area (Å²) in [4.78, 5) is 11.4. The van der Waals surface area contributed by atoms with Gasteiger partial charge in [-0.15, -0.1) is 0 Å². The molecule has 1 fully saturated rings. The molecule has 0 bridgehead atoms. The monoisotopic (exact) mass is 258 g/mol. The number of carboxylic acids is 1. The van der Waals surface area contributed by atoms with Crippen LogP contribution in [0.5, 0.6) is 0 Å². The minimum absolute atomic E-state index is 0.242. The molecule has 18 heavy (non-hydrogen) atoms. The summed E-state index contributed by atoms with van der Waals surface area (Å²) in [6, 6.07) is 1.11. The Morgan fingerprint density at radius 3 is 2.11 bits per heavy atom. The molecule has 5 heteroatoms. The zero-order valence-corrected chi connectivity index (χ0v) is 9.68. The van der Waals surface area contributed by atoms with Crippen molar-refractivity contribution in [3.63, 3.8) is 0 Å². The second kappa shape index (κ2) is 4.63. The van der Waals surface area contributed by atoms with Crippen molar-refractivity contribution in [2.24, 2.45) is 0 Å². The van der Waals surface area contributed by atoms with Gasteiger partial charge in [0.25, 0.3) is 0 Å². The lowest BCUT2D eigenvalue weighted by Gasteiger charge is -2.33. The highest BCUT2D eigenvalue weighted by Gasteiger charge is 2.43. The summed E-state index contributed by atoms with van der Waals surface area (Å²) >= 11 is 0. The fourth-order valence-electron chi connectivity index (χ4n) is 2.64. The number of halogens is 3. The largest absolute Gasteiger partial charge is 0.481 e. The van der Waals surface area contributed by atoms with Crippen molar-refractivity contribution in [1.29, 1.82) is 0 Å². The van der Waals surface area contributed by atoms with Gasteiger partial charge >= 0.3 is 5.97 Å². The van der Waals surface area contributed by atoms with E-state index >= 15 is 0 Å². The first-order valence-electron chi connectivity index (χ1n) is 5.86. The maximum atomic E-state index is 13.8. The molecule has 0 atom stereocenters. The van der Waals surface area contributed by atoms with Crippen LogP contribution in [0.2, 0.25) is 0 Å². The number of benzene rings is 1. The van der Waals surface area contributed by atoms with Crippen molar-refractivity contribution in [1.82, 2.24) is 0 Å². The lowest BCUT2D eigenvalue weighted by Crippen LogP contribution is -2.38. The van der Waals surface area contributed by atoms with Crippen molar-refractivity contribution in [3.05, 3.63) is 35.1 Å². The van der Waals surface area contributed by atoms with Crippen LogP contribution in [-0.4, -0.2) is 11.1 Å². The number of carbonyl (C=O) groups is 1. The predicted octanol–water partition coefficient (Wildman–Crippen LogP) is 3.39. The van der Waals surface area contributed by atoms with Gasteiger partial charge in [-0.3, -0.25) is 4.79 Å². The van der Waals surface area contributed by atoms with Crippen LogP contribution in [0.25, 0.3) is 0 Å². The topological polar surface area (TPSA) is 37.3 Å². The quantitative estimate of drug-likeness (QED) is 0.825. The van der Waals surface area contributed by atoms with Gasteiger partial charge < -0.3 is 5.11 Å². The highest BCUT2D eigenvalue weighted by Crippen LogP contribution is 2.41. The Morgan fingerprint density at radius 1 is 1.00 bits per heavy atom. The van der Waals surface area contributed by atoms with Crippen molar-refractivity contribution in [3.8, 4) is 0 Å². The second-order valence-electron chi connectivity index (χ2n) is 4.69. The van der Waals surface area contributed by atoms with E-state index in [1.807, 2.05) is 0 Å². The number of carboxylic acid groups (broad SMARTS) is 1. The Balaban J connectivity index is 2.55. The SMILES string of the molecule is O=C(O)C1(c2cc(F)c(F)cc2F)CCCCC1. The summed E-state index contributed by atoms with van der Waals surface area (Å²) in [5.41, 5.74) is -1.66. The van der Waals surface area contributed by atoms with Crippen LogP contribution in [0, 0.1) is 17.5 Å². The van der Waals surface area contributed by atoms with Gasteiger partial charge in [-0.05, 0) is 18.9 Å². The van der Waals surface area contributed by atoms with Crippen LogP contribution in [0.4, 0.5) is 13.2 Å². The third-order valence-electron chi connectivity index (χ3n) is 3.64. The van der Waals surface area contributed by atoms with E-state index < -0.39 is 28.8 Å². The molecule has 0 spiro atoms. The molecule has 98 valence electrons. The Morgan fingerprint density at radius 2 is 1.56 bits per heavy atom. The van der Waals surface area contributed by atoms with Crippen LogP contribution in [0.15, 0.2) is 12.1 Å². The Kier molecular flexibility index (Phi) is 3.32. The van der Waals surface area contributed by atoms with Gasteiger partial charge in [0.05, 0.1) is 5.41 Å². The van der Waals surface area contributed by atoms with E-state index in [1.165, 1.54) is 0 Å². The molecule has 1 aliphatic rings. The van der Waals surface area contributed by atoms with Crippen LogP contribution in [0.3, 0.4) is 0 Å². The first-order chi connectivity index (χ1) is 8.47. The van der Waals surface area contributed by atoms with Crippen molar-refractivity contribution < 1.29 is 23.1 Å². The number of hydrogen-bond donors (Lipinski definition) is 1. The van der Waals surface area contributed by atoms with Gasteiger partial charge in [0.2, 0.25) is 0 Å². The van der Waals surface area contributed by atoms with E-state index in [2.05, 4.69) is 0 Å². The summed E-state index contributed by atoms with van der Waals surface area (Å²) in [6.45, 7) is 0. The fourth-order valence-corrected chi connectivity index (χ4v) is 2.64. The molecule has 1 saturated carbocycles. The molecular weight excluding hydrogens is 245 g/mol. The van der Waals surface area contributed by atoms with E-state index in [0.29, 0.717) is 25.0 Å². The normalized spacial score (nSPS) is 18.6. The molecule has 0 radical (unpaired) electrons. The highest BCUT2D eigenvalue weighted by molar-refractivity contribution is 5.81. The van der Waals surface area contributed by atoms with Crippen molar-refractivity contribution >= 4 is 5.97 Å². The molecular formula is C13H13F3O2. The summed E-state index contributed by atoms with van der Waals surface area (Å²) in [7, 11) is 0. The van der Waals surface area contributed by atoms with Crippen LogP contribution < -0.4 is 0 Å². The standard InChI is InChI=1S/C13H13F3O2/c14-9-7-11(16)10(15)6-8(9)13(12(17)18)4-2-1-3-5-13/h6-7H,1-5H2,(H,17,18). The zero-order chi connectivity index (χ0) is 13.3. The molecule has 0 unspecified atom stereocenters. The van der Waals surface area contributed by atoms with Crippen molar-refractivity contribution in [2.45, 2.75) is 37.5 Å². The maximum Gasteiger partial charge on any atom is 0.314 e. The summed E-state index contributed by atoms with van der Waals surface area (Å²) < 4.78 is 39.9. The van der Waals surface area contributed by atoms with Crippen LogP contribution in [0.1, 0.15) is 37.7 Å². The third-order valence-corrected chi connectivity index (χ3v) is 3.64. The van der Waals surface area contributed by atoms with E-state index in [0.717, 1.165) is 6.42 Å². The minimum atomic E-state index is -1.42. The average Bonchev–Trinajstić information content (AvgIpc) is 2.34. The first-order valence-corrected chi connectivity index (χ1v) is 5.86. The highest BCUT2D eigenvalue weighted by atomic mass is 19.2. The lowest BCUT2D eigenvalue weighted by atomic mass is 9.69. The van der Waals surface area contributed by atoms with Gasteiger partial charge in [0, 0.05) is 11.6 Å². The minimum Gasteiger partial charge on any atom is -0.481 e. The van der Waals surface area contributed by atoms with Gasteiger partial charge in [-0.2, -0.15) is 0 Å². The molecule has 1 aromatic carbocycles. The molecule has 1 aliphatic carbocycles. The summed E-state index contributed by atoms with van der Waals surface area (Å²) in [6.07, 6.45) is 2.67. The summed E-state index contributed by atoms with van der Waals surface area (Å²) in [5, 5.41) is 9.34. The Labute approximate surface area is 102 Å². The van der Waals surface area contributed by atoms with E-state index in [9.17, 15) is 23.1 Å². The third kappa shape index (κ3) is 1.98. The molecule has 2 nitrogen and oxygen atoms in total. The smallest absolute Gasteiger partial charge is 0.314 e. The average molecular weight is 258 g/mol. The van der Waals surface area contributed by atoms with E-state index in [1.54, 1.807) is 0 Å². The van der Waals surface area contributed by atoms with Crippen LogP contribution in [-0.2, 0) is 10.2 Å². The van der Waals surface area contributed by atoms with Gasteiger partial charge in [-0.25, -0.2) is 13.2 Å². The molecule has 0 aliphatic heterocycles. The van der Waals surface area contributed by atoms with Crippen molar-refractivity contribution in [2.75, 3.05) is 0 Å². The Hall–Kier alpha value is -1.52. The number of hydrogen-bond acceptors (Lipinski definition) is 1. The molecule has 0 saturated heterocycles. The Bertz CT molecular complexity index is 479. The number of rotatable bonds is 2. The van der Waals surface area contributed by atoms with Crippen LogP contribution >= 0.6 is 0 Å². The zero-order valence-electron chi connectivity index (χ0n) is 9.68. The molecule has 0 amide bonds. The number of aliphatic carboxylic acids is 1.